The van der Waals surface area contributed by atoms with E-state index in [-0.39, 0.29) is 0 Å². The van der Waals surface area contributed by atoms with Crippen LogP contribution in [0.25, 0.3) is 0 Å². The van der Waals surface area contributed by atoms with Crippen LogP contribution in [0.2, 0.25) is 0 Å². The highest BCUT2D eigenvalue weighted by Gasteiger charge is 2.07. The van der Waals surface area contributed by atoms with Crippen molar-refractivity contribution in [3.05, 3.63) is 59.7 Å². The van der Waals surface area contributed by atoms with Gasteiger partial charge in [0.05, 0.1) is 12.8 Å². The second kappa shape index (κ2) is 6.28. The number of benzene rings is 2. The summed E-state index contributed by atoms with van der Waals surface area (Å²) < 4.78 is 5.40. The number of nitrogens with one attached hydrogen (secondary N) is 1. The second-order valence-electron chi connectivity index (χ2n) is 4.90. The van der Waals surface area contributed by atoms with Gasteiger partial charge in [-0.15, -0.1) is 0 Å². The Kier molecular flexibility index (Phi) is 4.45. The van der Waals surface area contributed by atoms with Crippen LogP contribution < -0.4 is 10.1 Å². The summed E-state index contributed by atoms with van der Waals surface area (Å²) in [6, 6.07) is 16.8. The van der Waals surface area contributed by atoms with E-state index in [0.717, 1.165) is 18.0 Å². The topological polar surface area (TPSA) is 21.3 Å². The summed E-state index contributed by atoms with van der Waals surface area (Å²) in [7, 11) is 1.71. The van der Waals surface area contributed by atoms with Crippen molar-refractivity contribution in [2.24, 2.45) is 0 Å². The van der Waals surface area contributed by atoms with Gasteiger partial charge in [0.2, 0.25) is 0 Å². The van der Waals surface area contributed by atoms with Gasteiger partial charge in [-0.3, -0.25) is 0 Å². The lowest BCUT2D eigenvalue weighted by Crippen LogP contribution is -2.10. The van der Waals surface area contributed by atoms with Gasteiger partial charge >= 0.3 is 0 Å². The van der Waals surface area contributed by atoms with Gasteiger partial charge < -0.3 is 10.1 Å². The molecule has 0 spiro atoms. The maximum Gasteiger partial charge on any atom is 0.142 e. The van der Waals surface area contributed by atoms with Crippen LogP contribution >= 0.6 is 0 Å². The fourth-order valence-electron chi connectivity index (χ4n) is 2.11. The minimum Gasteiger partial charge on any atom is -0.495 e. The van der Waals surface area contributed by atoms with Gasteiger partial charge in [-0.1, -0.05) is 43.3 Å². The first-order chi connectivity index (χ1) is 9.20. The summed E-state index contributed by atoms with van der Waals surface area (Å²) in [5, 5.41) is 3.46. The monoisotopic (exact) mass is 255 g/mol. The number of hydrogen-bond acceptors (Lipinski definition) is 2. The lowest BCUT2D eigenvalue weighted by Gasteiger charge is -2.16. The Labute approximate surface area is 115 Å². The van der Waals surface area contributed by atoms with Crippen LogP contribution in [0.1, 0.15) is 24.0 Å². The molecule has 1 unspecified atom stereocenters. The predicted octanol–water partition coefficient (Wildman–Crippen LogP) is 4.22. The fraction of sp³-hybridized carbons (Fsp3) is 0.294. The molecule has 2 rings (SSSR count). The average Bonchev–Trinajstić information content (AvgIpc) is 2.46. The Morgan fingerprint density at radius 3 is 2.53 bits per heavy atom. The molecule has 0 aliphatic carbocycles. The van der Waals surface area contributed by atoms with Crippen LogP contribution in [0.3, 0.4) is 0 Å². The van der Waals surface area contributed by atoms with Crippen molar-refractivity contribution in [1.29, 1.82) is 0 Å². The lowest BCUT2D eigenvalue weighted by molar-refractivity contribution is 0.416. The molecule has 0 aliphatic heterocycles. The summed E-state index contributed by atoms with van der Waals surface area (Å²) in [5.41, 5.74) is 3.61. The molecule has 2 aromatic rings. The summed E-state index contributed by atoms with van der Waals surface area (Å²) in [5.74, 6) is 1.37. The molecule has 0 amide bonds. The highest BCUT2D eigenvalue weighted by Crippen LogP contribution is 2.26. The molecule has 2 nitrogen and oxygen atoms in total. The number of ether oxygens (including phenoxy) is 1. The third-order valence-corrected chi connectivity index (χ3v) is 3.32. The summed E-state index contributed by atoms with van der Waals surface area (Å²) in [4.78, 5) is 0. The van der Waals surface area contributed by atoms with Crippen molar-refractivity contribution in [3.63, 3.8) is 0 Å². The van der Waals surface area contributed by atoms with E-state index in [1.165, 1.54) is 11.1 Å². The zero-order valence-corrected chi connectivity index (χ0v) is 11.8. The molecule has 0 radical (unpaired) electrons. The van der Waals surface area contributed by atoms with E-state index in [2.05, 4.69) is 61.6 Å². The summed E-state index contributed by atoms with van der Waals surface area (Å²) >= 11 is 0. The smallest absolute Gasteiger partial charge is 0.142 e. The van der Waals surface area contributed by atoms with Crippen LogP contribution in [0, 0.1) is 6.92 Å². The Morgan fingerprint density at radius 2 is 1.84 bits per heavy atom. The highest BCUT2D eigenvalue weighted by atomic mass is 16.5. The van der Waals surface area contributed by atoms with E-state index in [1.54, 1.807) is 7.11 Å². The first kappa shape index (κ1) is 13.5. The quantitative estimate of drug-likeness (QED) is 0.863. The van der Waals surface area contributed by atoms with Gasteiger partial charge in [0, 0.05) is 6.54 Å². The van der Waals surface area contributed by atoms with Crippen molar-refractivity contribution in [1.82, 2.24) is 0 Å². The van der Waals surface area contributed by atoms with Crippen LogP contribution in [-0.4, -0.2) is 13.7 Å². The van der Waals surface area contributed by atoms with Gasteiger partial charge in [0.1, 0.15) is 5.75 Å². The molecule has 1 N–H and O–H groups in total. The number of anilines is 1. The fourth-order valence-corrected chi connectivity index (χ4v) is 2.11. The van der Waals surface area contributed by atoms with Crippen LogP contribution in [-0.2, 0) is 0 Å². The average molecular weight is 255 g/mol. The van der Waals surface area contributed by atoms with Gasteiger partial charge in [-0.2, -0.15) is 0 Å². The van der Waals surface area contributed by atoms with Crippen LogP contribution in [0.15, 0.2) is 48.5 Å². The van der Waals surface area contributed by atoms with Gasteiger partial charge in [-0.25, -0.2) is 0 Å². The van der Waals surface area contributed by atoms with E-state index in [9.17, 15) is 0 Å². The Balaban J connectivity index is 2.03. The molecule has 0 aromatic heterocycles. The standard InChI is InChI=1S/C17H21NO/c1-13-9-10-16(17(11-13)19-3)18-12-14(2)15-7-5-4-6-8-15/h4-11,14,18H,12H2,1-3H3. The van der Waals surface area contributed by atoms with E-state index in [1.807, 2.05) is 6.07 Å². The van der Waals surface area contributed by atoms with Crippen molar-refractivity contribution >= 4 is 5.69 Å². The van der Waals surface area contributed by atoms with Crippen LogP contribution in [0.5, 0.6) is 5.75 Å². The number of hydrogen-bond donors (Lipinski definition) is 1. The molecule has 0 bridgehead atoms. The van der Waals surface area contributed by atoms with Gasteiger partial charge in [-0.05, 0) is 36.1 Å². The zero-order valence-electron chi connectivity index (χ0n) is 11.8. The molecule has 19 heavy (non-hydrogen) atoms. The minimum atomic E-state index is 0.465. The molecule has 0 fully saturated rings. The molecule has 0 aliphatic rings. The molecular weight excluding hydrogens is 234 g/mol. The zero-order chi connectivity index (χ0) is 13.7. The lowest BCUT2D eigenvalue weighted by atomic mass is 10.0. The summed E-state index contributed by atoms with van der Waals surface area (Å²) in [6.07, 6.45) is 0. The highest BCUT2D eigenvalue weighted by molar-refractivity contribution is 5.57. The van der Waals surface area contributed by atoms with Crippen LogP contribution in [0.4, 0.5) is 5.69 Å². The van der Waals surface area contributed by atoms with Crippen molar-refractivity contribution in [2.45, 2.75) is 19.8 Å². The molecule has 100 valence electrons. The molecule has 1 atom stereocenters. The minimum absolute atomic E-state index is 0.465. The predicted molar refractivity (Wildman–Crippen MR) is 81.1 cm³/mol. The first-order valence-electron chi connectivity index (χ1n) is 6.64. The van der Waals surface area contributed by atoms with E-state index >= 15 is 0 Å². The molecule has 0 heterocycles. The molecule has 0 saturated heterocycles. The van der Waals surface area contributed by atoms with E-state index < -0.39 is 0 Å². The molecule has 2 aromatic carbocycles. The van der Waals surface area contributed by atoms with Gasteiger partial charge in [0.25, 0.3) is 0 Å². The van der Waals surface area contributed by atoms with Crippen molar-refractivity contribution < 1.29 is 4.74 Å². The Bertz CT molecular complexity index is 522. The number of rotatable bonds is 5. The number of aryl methyl sites for hydroxylation is 1. The normalized spacial score (nSPS) is 11.9. The van der Waals surface area contributed by atoms with E-state index in [4.69, 9.17) is 4.74 Å². The van der Waals surface area contributed by atoms with Gasteiger partial charge in [0.15, 0.2) is 0 Å². The number of methoxy groups -OCH3 is 1. The largest absolute Gasteiger partial charge is 0.495 e. The van der Waals surface area contributed by atoms with Crippen molar-refractivity contribution in [2.75, 3.05) is 19.0 Å². The Morgan fingerprint density at radius 1 is 1.11 bits per heavy atom. The maximum absolute atomic E-state index is 5.40. The van der Waals surface area contributed by atoms with Crippen molar-refractivity contribution in [3.8, 4) is 5.75 Å². The molecule has 0 saturated carbocycles. The maximum atomic E-state index is 5.40. The Hall–Kier alpha value is -1.96. The second-order valence-corrected chi connectivity index (χ2v) is 4.90. The van der Waals surface area contributed by atoms with E-state index in [0.29, 0.717) is 5.92 Å². The molecule has 2 heteroatoms. The first-order valence-corrected chi connectivity index (χ1v) is 6.64. The molecular formula is C17H21NO. The summed E-state index contributed by atoms with van der Waals surface area (Å²) in [6.45, 7) is 5.19. The third kappa shape index (κ3) is 3.50. The SMILES string of the molecule is COc1cc(C)ccc1NCC(C)c1ccccc1. The third-order valence-electron chi connectivity index (χ3n) is 3.32.